The lowest BCUT2D eigenvalue weighted by atomic mass is 10.1. The molecule has 0 atom stereocenters. The molecular formula is C12H18N2. The number of hydrogen-bond donors (Lipinski definition) is 1. The first-order valence-corrected chi connectivity index (χ1v) is 4.53. The van der Waals surface area contributed by atoms with Gasteiger partial charge in [0.15, 0.2) is 0 Å². The normalized spacial score (nSPS) is 13.1. The molecule has 2 heteroatoms. The van der Waals surface area contributed by atoms with Gasteiger partial charge in [-0.1, -0.05) is 25.3 Å². The number of allylic oxidation sites excluding steroid dienone is 4. The van der Waals surface area contributed by atoms with Crippen LogP contribution in [0.15, 0.2) is 53.3 Å². The molecule has 0 aliphatic carbocycles. The fraction of sp³-hybridized carbons (Fsp3) is 0.250. The predicted molar refractivity (Wildman–Crippen MR) is 64.4 cm³/mol. The summed E-state index contributed by atoms with van der Waals surface area (Å²) in [6.45, 7) is 11.5. The van der Waals surface area contributed by atoms with E-state index in [1.165, 1.54) is 0 Å². The second-order valence-electron chi connectivity index (χ2n) is 2.74. The third-order valence-corrected chi connectivity index (χ3v) is 1.77. The van der Waals surface area contributed by atoms with Crippen molar-refractivity contribution in [2.75, 3.05) is 7.05 Å². The van der Waals surface area contributed by atoms with Gasteiger partial charge in [0.25, 0.3) is 0 Å². The maximum absolute atomic E-state index is 4.25. The molecule has 0 unspecified atom stereocenters. The van der Waals surface area contributed by atoms with Crippen LogP contribution in [0.25, 0.3) is 0 Å². The van der Waals surface area contributed by atoms with Crippen LogP contribution in [-0.4, -0.2) is 13.3 Å². The van der Waals surface area contributed by atoms with Gasteiger partial charge in [0.2, 0.25) is 0 Å². The molecule has 1 N–H and O–H groups in total. The highest BCUT2D eigenvalue weighted by Crippen LogP contribution is 2.12. The van der Waals surface area contributed by atoms with Crippen LogP contribution in [0.5, 0.6) is 0 Å². The summed E-state index contributed by atoms with van der Waals surface area (Å²) in [4.78, 5) is 4.25. The van der Waals surface area contributed by atoms with Crippen LogP contribution in [0, 0.1) is 0 Å². The van der Waals surface area contributed by atoms with Crippen molar-refractivity contribution in [3.63, 3.8) is 0 Å². The van der Waals surface area contributed by atoms with Gasteiger partial charge in [0, 0.05) is 30.2 Å². The summed E-state index contributed by atoms with van der Waals surface area (Å²) in [5, 5.41) is 2.97. The largest absolute Gasteiger partial charge is 0.388 e. The first kappa shape index (κ1) is 12.4. The van der Waals surface area contributed by atoms with Crippen molar-refractivity contribution in [3.05, 3.63) is 48.4 Å². The summed E-state index contributed by atoms with van der Waals surface area (Å²) in [6, 6.07) is 0. The van der Waals surface area contributed by atoms with Gasteiger partial charge in [0.1, 0.15) is 0 Å². The SMILES string of the molecule is C=C/C(C(=C)NC)=C(C)/N=C\C=C/C. The van der Waals surface area contributed by atoms with Crippen molar-refractivity contribution in [1.29, 1.82) is 0 Å². The van der Waals surface area contributed by atoms with Gasteiger partial charge < -0.3 is 5.32 Å². The van der Waals surface area contributed by atoms with Gasteiger partial charge in [0.05, 0.1) is 0 Å². The van der Waals surface area contributed by atoms with E-state index in [1.54, 1.807) is 12.3 Å². The van der Waals surface area contributed by atoms with E-state index in [1.807, 2.05) is 33.0 Å². The minimum Gasteiger partial charge on any atom is -0.388 e. The molecule has 0 fully saturated rings. The summed E-state index contributed by atoms with van der Waals surface area (Å²) in [6.07, 6.45) is 7.31. The molecule has 0 saturated heterocycles. The van der Waals surface area contributed by atoms with Crippen molar-refractivity contribution in [1.82, 2.24) is 5.32 Å². The Morgan fingerprint density at radius 1 is 1.43 bits per heavy atom. The molecule has 0 saturated carbocycles. The Labute approximate surface area is 86.4 Å². The van der Waals surface area contributed by atoms with E-state index in [4.69, 9.17) is 0 Å². The monoisotopic (exact) mass is 190 g/mol. The van der Waals surface area contributed by atoms with Crippen LogP contribution in [0.1, 0.15) is 13.8 Å². The second kappa shape index (κ2) is 6.89. The number of nitrogens with zero attached hydrogens (tertiary/aromatic N) is 1. The zero-order valence-electron chi connectivity index (χ0n) is 9.17. The Morgan fingerprint density at radius 3 is 2.50 bits per heavy atom. The Bertz CT molecular complexity index is 293. The molecule has 14 heavy (non-hydrogen) atoms. The number of likely N-dealkylation sites (N-methyl/N-ethyl adjacent to an activating group) is 1. The van der Waals surface area contributed by atoms with Gasteiger partial charge in [-0.05, 0) is 19.9 Å². The van der Waals surface area contributed by atoms with E-state index >= 15 is 0 Å². The fourth-order valence-electron chi connectivity index (χ4n) is 0.934. The topological polar surface area (TPSA) is 24.4 Å². The third kappa shape index (κ3) is 3.90. The molecule has 0 spiro atoms. The molecular weight excluding hydrogens is 172 g/mol. The molecule has 0 bridgehead atoms. The molecule has 0 aromatic carbocycles. The lowest BCUT2D eigenvalue weighted by Crippen LogP contribution is -2.06. The van der Waals surface area contributed by atoms with E-state index in [0.717, 1.165) is 17.0 Å². The average Bonchev–Trinajstić information content (AvgIpc) is 2.19. The van der Waals surface area contributed by atoms with Crippen LogP contribution in [-0.2, 0) is 0 Å². The van der Waals surface area contributed by atoms with Crippen LogP contribution >= 0.6 is 0 Å². The van der Waals surface area contributed by atoms with Crippen molar-refractivity contribution in [2.24, 2.45) is 4.99 Å². The van der Waals surface area contributed by atoms with E-state index in [2.05, 4.69) is 23.5 Å². The first-order valence-electron chi connectivity index (χ1n) is 4.53. The maximum Gasteiger partial charge on any atom is 0.0465 e. The van der Waals surface area contributed by atoms with E-state index in [0.29, 0.717) is 0 Å². The van der Waals surface area contributed by atoms with E-state index < -0.39 is 0 Å². The fourth-order valence-corrected chi connectivity index (χ4v) is 0.934. The molecule has 0 aliphatic rings. The molecule has 0 radical (unpaired) electrons. The average molecular weight is 190 g/mol. The van der Waals surface area contributed by atoms with Crippen molar-refractivity contribution >= 4 is 6.21 Å². The maximum atomic E-state index is 4.25. The van der Waals surface area contributed by atoms with Crippen LogP contribution in [0.4, 0.5) is 0 Å². The molecule has 76 valence electrons. The minimum absolute atomic E-state index is 0.829. The van der Waals surface area contributed by atoms with Gasteiger partial charge in [-0.15, -0.1) is 0 Å². The molecule has 0 aromatic heterocycles. The highest BCUT2D eigenvalue weighted by Gasteiger charge is 1.99. The van der Waals surface area contributed by atoms with Crippen molar-refractivity contribution in [3.8, 4) is 0 Å². The highest BCUT2D eigenvalue weighted by atomic mass is 14.8. The van der Waals surface area contributed by atoms with Crippen molar-refractivity contribution < 1.29 is 0 Å². The number of aliphatic imine (C=N–C) groups is 1. The summed E-state index contributed by atoms with van der Waals surface area (Å²) in [5.74, 6) is 0. The predicted octanol–water partition coefficient (Wildman–Crippen LogP) is 2.83. The van der Waals surface area contributed by atoms with Gasteiger partial charge in [-0.3, -0.25) is 4.99 Å². The lowest BCUT2D eigenvalue weighted by molar-refractivity contribution is 1.01. The molecule has 0 aliphatic heterocycles. The molecule has 0 heterocycles. The van der Waals surface area contributed by atoms with Gasteiger partial charge >= 0.3 is 0 Å². The Balaban J connectivity index is 4.83. The third-order valence-electron chi connectivity index (χ3n) is 1.77. The Morgan fingerprint density at radius 2 is 2.07 bits per heavy atom. The van der Waals surface area contributed by atoms with Crippen molar-refractivity contribution in [2.45, 2.75) is 13.8 Å². The Hall–Kier alpha value is -1.57. The summed E-state index contributed by atoms with van der Waals surface area (Å²) in [7, 11) is 1.83. The van der Waals surface area contributed by atoms with E-state index in [9.17, 15) is 0 Å². The highest BCUT2D eigenvalue weighted by molar-refractivity contribution is 5.72. The molecule has 0 aromatic rings. The smallest absolute Gasteiger partial charge is 0.0465 e. The zero-order valence-corrected chi connectivity index (χ0v) is 9.17. The molecule has 0 amide bonds. The van der Waals surface area contributed by atoms with Gasteiger partial charge in [-0.2, -0.15) is 0 Å². The van der Waals surface area contributed by atoms with E-state index in [-0.39, 0.29) is 0 Å². The summed E-state index contributed by atoms with van der Waals surface area (Å²) in [5.41, 5.74) is 2.67. The minimum atomic E-state index is 0.829. The van der Waals surface area contributed by atoms with Crippen LogP contribution in [0.3, 0.4) is 0 Å². The lowest BCUT2D eigenvalue weighted by Gasteiger charge is -2.07. The number of nitrogens with one attached hydrogen (secondary N) is 1. The summed E-state index contributed by atoms with van der Waals surface area (Å²) >= 11 is 0. The number of hydrogen-bond acceptors (Lipinski definition) is 2. The quantitative estimate of drug-likeness (QED) is 0.523. The van der Waals surface area contributed by atoms with Crippen LogP contribution in [0.2, 0.25) is 0 Å². The first-order chi connectivity index (χ1) is 6.67. The van der Waals surface area contributed by atoms with Gasteiger partial charge in [-0.25, -0.2) is 0 Å². The molecule has 0 rings (SSSR count). The zero-order chi connectivity index (χ0) is 11.0. The second-order valence-corrected chi connectivity index (χ2v) is 2.74. The number of rotatable bonds is 5. The standard InChI is InChI=1S/C12H18N2/c1-6-8-9-14-11(4)12(7-2)10(3)13-5/h6-9,13H,2-3H2,1,4-5H3/b8-6-,12-11-,14-9-. The van der Waals surface area contributed by atoms with Crippen LogP contribution < -0.4 is 5.32 Å². The Kier molecular flexibility index (Phi) is 6.12. The molecule has 2 nitrogen and oxygen atoms in total. The summed E-state index contributed by atoms with van der Waals surface area (Å²) < 4.78 is 0.